The topological polar surface area (TPSA) is 84.2 Å². The maximum absolute atomic E-state index is 11.0. The number of amides is 1. The van der Waals surface area contributed by atoms with E-state index >= 15 is 0 Å². The second-order valence-corrected chi connectivity index (χ2v) is 3.69. The highest BCUT2D eigenvalue weighted by Crippen LogP contribution is 2.19. The largest absolute Gasteiger partial charge is 0.481 e. The number of carboxylic acid groups (broad SMARTS) is 1. The quantitative estimate of drug-likeness (QED) is 0.775. The number of hydrogen-bond acceptors (Lipinski definition) is 3. The van der Waals surface area contributed by atoms with Crippen molar-refractivity contribution in [1.82, 2.24) is 15.1 Å². The molecular formula is C10H15N3O3. The Morgan fingerprint density at radius 1 is 1.62 bits per heavy atom. The SMILES string of the molecule is CC(=O)N[C@@H](CC(=O)O)c1cn(C)nc1C. The fraction of sp³-hybridized carbons (Fsp3) is 0.500. The van der Waals surface area contributed by atoms with E-state index in [4.69, 9.17) is 5.11 Å². The molecule has 0 aromatic carbocycles. The molecule has 6 heteroatoms. The van der Waals surface area contributed by atoms with Crippen LogP contribution in [0.4, 0.5) is 0 Å². The summed E-state index contributed by atoms with van der Waals surface area (Å²) in [6.45, 7) is 3.15. The first-order valence-electron chi connectivity index (χ1n) is 4.89. The normalized spacial score (nSPS) is 12.2. The zero-order chi connectivity index (χ0) is 12.3. The van der Waals surface area contributed by atoms with E-state index in [1.165, 1.54) is 6.92 Å². The number of aromatic nitrogens is 2. The fourth-order valence-corrected chi connectivity index (χ4v) is 1.62. The van der Waals surface area contributed by atoms with Crippen molar-refractivity contribution in [2.45, 2.75) is 26.3 Å². The van der Waals surface area contributed by atoms with Gasteiger partial charge in [-0.15, -0.1) is 0 Å². The summed E-state index contributed by atoms with van der Waals surface area (Å²) in [5.74, 6) is -1.21. The summed E-state index contributed by atoms with van der Waals surface area (Å²) in [6, 6.07) is -0.524. The lowest BCUT2D eigenvalue weighted by Gasteiger charge is -2.14. The minimum atomic E-state index is -0.956. The van der Waals surface area contributed by atoms with E-state index in [1.807, 2.05) is 0 Å². The highest BCUT2D eigenvalue weighted by atomic mass is 16.4. The number of aryl methyl sites for hydroxylation is 2. The number of carbonyl (C=O) groups is 2. The van der Waals surface area contributed by atoms with Gasteiger partial charge in [0.15, 0.2) is 0 Å². The van der Waals surface area contributed by atoms with Gasteiger partial charge in [0, 0.05) is 25.7 Å². The van der Waals surface area contributed by atoms with Crippen molar-refractivity contribution in [3.05, 3.63) is 17.5 Å². The van der Waals surface area contributed by atoms with Crippen molar-refractivity contribution >= 4 is 11.9 Å². The summed E-state index contributed by atoms with van der Waals surface area (Å²) in [7, 11) is 1.75. The van der Waals surface area contributed by atoms with E-state index in [9.17, 15) is 9.59 Å². The van der Waals surface area contributed by atoms with Crippen LogP contribution in [0.25, 0.3) is 0 Å². The van der Waals surface area contributed by atoms with Gasteiger partial charge in [0.05, 0.1) is 18.2 Å². The van der Waals surface area contributed by atoms with Crippen LogP contribution in [0.3, 0.4) is 0 Å². The number of nitrogens with zero attached hydrogens (tertiary/aromatic N) is 2. The molecule has 1 rings (SSSR count). The molecule has 0 aliphatic heterocycles. The van der Waals surface area contributed by atoms with Gasteiger partial charge >= 0.3 is 5.97 Å². The van der Waals surface area contributed by atoms with Gasteiger partial charge in [0.25, 0.3) is 0 Å². The Balaban J connectivity index is 2.95. The lowest BCUT2D eigenvalue weighted by Crippen LogP contribution is -2.28. The third-order valence-electron chi connectivity index (χ3n) is 2.18. The molecule has 1 aromatic heterocycles. The van der Waals surface area contributed by atoms with E-state index < -0.39 is 12.0 Å². The molecule has 1 heterocycles. The van der Waals surface area contributed by atoms with E-state index in [0.29, 0.717) is 0 Å². The number of hydrogen-bond donors (Lipinski definition) is 2. The third kappa shape index (κ3) is 3.08. The average molecular weight is 225 g/mol. The fourth-order valence-electron chi connectivity index (χ4n) is 1.62. The molecule has 0 aliphatic rings. The second kappa shape index (κ2) is 4.78. The molecule has 6 nitrogen and oxygen atoms in total. The maximum Gasteiger partial charge on any atom is 0.305 e. The maximum atomic E-state index is 11.0. The molecule has 0 saturated heterocycles. The summed E-state index contributed by atoms with van der Waals surface area (Å²) in [4.78, 5) is 21.7. The van der Waals surface area contributed by atoms with Gasteiger partial charge in [0.2, 0.25) is 5.91 Å². The van der Waals surface area contributed by atoms with E-state index in [0.717, 1.165) is 11.3 Å². The molecular weight excluding hydrogens is 210 g/mol. The van der Waals surface area contributed by atoms with Crippen molar-refractivity contribution in [3.8, 4) is 0 Å². The predicted molar refractivity (Wildman–Crippen MR) is 56.8 cm³/mol. The summed E-state index contributed by atoms with van der Waals surface area (Å²) in [5.41, 5.74) is 1.46. The molecule has 0 spiro atoms. The minimum Gasteiger partial charge on any atom is -0.481 e. The van der Waals surface area contributed by atoms with Gasteiger partial charge in [-0.1, -0.05) is 0 Å². The predicted octanol–water partition coefficient (Wildman–Crippen LogP) is 0.380. The first-order chi connectivity index (χ1) is 7.40. The Hall–Kier alpha value is -1.85. The van der Waals surface area contributed by atoms with Crippen LogP contribution in [0.15, 0.2) is 6.20 Å². The molecule has 0 radical (unpaired) electrons. The molecule has 1 atom stereocenters. The van der Waals surface area contributed by atoms with Crippen LogP contribution >= 0.6 is 0 Å². The second-order valence-electron chi connectivity index (χ2n) is 3.69. The van der Waals surface area contributed by atoms with E-state index in [-0.39, 0.29) is 12.3 Å². The van der Waals surface area contributed by atoms with Crippen molar-refractivity contribution in [3.63, 3.8) is 0 Å². The van der Waals surface area contributed by atoms with Crippen molar-refractivity contribution < 1.29 is 14.7 Å². The molecule has 0 aliphatic carbocycles. The molecule has 0 fully saturated rings. The standard InChI is InChI=1S/C10H15N3O3/c1-6-8(5-13(3)12-6)9(4-10(15)16)11-7(2)14/h5,9H,4H2,1-3H3,(H,11,14)(H,15,16)/t9-/m0/s1. The highest BCUT2D eigenvalue weighted by molar-refractivity contribution is 5.75. The molecule has 1 amide bonds. The van der Waals surface area contributed by atoms with Gasteiger partial charge in [-0.05, 0) is 6.92 Å². The van der Waals surface area contributed by atoms with Crippen LogP contribution in [-0.2, 0) is 16.6 Å². The van der Waals surface area contributed by atoms with Crippen LogP contribution in [0.2, 0.25) is 0 Å². The minimum absolute atomic E-state index is 0.147. The highest BCUT2D eigenvalue weighted by Gasteiger charge is 2.20. The number of aliphatic carboxylic acids is 1. The van der Waals surface area contributed by atoms with Crippen molar-refractivity contribution in [2.75, 3.05) is 0 Å². The number of carboxylic acids is 1. The van der Waals surface area contributed by atoms with Gasteiger partial charge in [-0.25, -0.2) is 0 Å². The molecule has 16 heavy (non-hydrogen) atoms. The Labute approximate surface area is 93.3 Å². The van der Waals surface area contributed by atoms with E-state index in [2.05, 4.69) is 10.4 Å². The van der Waals surface area contributed by atoms with Crippen LogP contribution in [-0.4, -0.2) is 26.8 Å². The molecule has 0 bridgehead atoms. The summed E-state index contributed by atoms with van der Waals surface area (Å²) >= 11 is 0. The lowest BCUT2D eigenvalue weighted by atomic mass is 10.1. The zero-order valence-corrected chi connectivity index (χ0v) is 9.52. The van der Waals surface area contributed by atoms with Gasteiger partial charge < -0.3 is 10.4 Å². The summed E-state index contributed by atoms with van der Waals surface area (Å²) in [5, 5.41) is 15.5. The Morgan fingerprint density at radius 2 is 2.25 bits per heavy atom. The lowest BCUT2D eigenvalue weighted by molar-refractivity contribution is -0.137. The monoisotopic (exact) mass is 225 g/mol. The Morgan fingerprint density at radius 3 is 2.62 bits per heavy atom. The molecule has 1 aromatic rings. The molecule has 2 N–H and O–H groups in total. The summed E-state index contributed by atoms with van der Waals surface area (Å²) in [6.07, 6.45) is 1.57. The molecule has 88 valence electrons. The van der Waals surface area contributed by atoms with Crippen molar-refractivity contribution in [1.29, 1.82) is 0 Å². The first kappa shape index (κ1) is 12.2. The van der Waals surface area contributed by atoms with Gasteiger partial charge in [-0.3, -0.25) is 14.3 Å². The first-order valence-corrected chi connectivity index (χ1v) is 4.89. The van der Waals surface area contributed by atoms with Gasteiger partial charge in [-0.2, -0.15) is 5.10 Å². The van der Waals surface area contributed by atoms with Gasteiger partial charge in [0.1, 0.15) is 0 Å². The number of nitrogens with one attached hydrogen (secondary N) is 1. The van der Waals surface area contributed by atoms with Crippen molar-refractivity contribution in [2.24, 2.45) is 7.05 Å². The van der Waals surface area contributed by atoms with Crippen LogP contribution in [0, 0.1) is 6.92 Å². The summed E-state index contributed by atoms with van der Waals surface area (Å²) < 4.78 is 1.60. The third-order valence-corrected chi connectivity index (χ3v) is 2.18. The molecule has 0 unspecified atom stereocenters. The smallest absolute Gasteiger partial charge is 0.305 e. The van der Waals surface area contributed by atoms with Crippen LogP contribution in [0.5, 0.6) is 0 Å². The average Bonchev–Trinajstić information content (AvgIpc) is 2.42. The Bertz CT molecular complexity index is 395. The van der Waals surface area contributed by atoms with Crippen LogP contribution < -0.4 is 5.32 Å². The number of carbonyl (C=O) groups excluding carboxylic acids is 1. The number of rotatable bonds is 4. The van der Waals surface area contributed by atoms with Crippen LogP contribution in [0.1, 0.15) is 30.6 Å². The Kier molecular flexibility index (Phi) is 3.65. The molecule has 0 saturated carbocycles. The van der Waals surface area contributed by atoms with E-state index in [1.54, 1.807) is 24.9 Å². The zero-order valence-electron chi connectivity index (χ0n) is 9.52.